The Morgan fingerprint density at radius 2 is 1.79 bits per heavy atom. The number of aryl methyl sites for hydroxylation is 1. The van der Waals surface area contributed by atoms with Crippen LogP contribution in [0.3, 0.4) is 0 Å². The van der Waals surface area contributed by atoms with Gasteiger partial charge in [-0.2, -0.15) is 0 Å². The summed E-state index contributed by atoms with van der Waals surface area (Å²) in [5, 5.41) is 3.01. The van der Waals surface area contributed by atoms with E-state index in [0.717, 1.165) is 53.8 Å². The molecule has 0 unspecified atom stereocenters. The van der Waals surface area contributed by atoms with Crippen LogP contribution in [0.1, 0.15) is 29.8 Å². The van der Waals surface area contributed by atoms with Gasteiger partial charge in [-0.3, -0.25) is 9.59 Å². The van der Waals surface area contributed by atoms with E-state index < -0.39 is 0 Å². The van der Waals surface area contributed by atoms with Crippen LogP contribution in [0.15, 0.2) is 42.5 Å². The number of benzene rings is 2. The molecule has 29 heavy (non-hydrogen) atoms. The van der Waals surface area contributed by atoms with Gasteiger partial charge in [0.05, 0.1) is 17.5 Å². The molecule has 0 aliphatic carbocycles. The van der Waals surface area contributed by atoms with E-state index in [4.69, 9.17) is 0 Å². The number of aromatic nitrogens is 2. The van der Waals surface area contributed by atoms with E-state index in [1.54, 1.807) is 0 Å². The number of hydrogen-bond donors (Lipinski definition) is 1. The van der Waals surface area contributed by atoms with Crippen LogP contribution in [0.4, 0.5) is 5.69 Å². The van der Waals surface area contributed by atoms with Gasteiger partial charge in [0.2, 0.25) is 11.8 Å². The van der Waals surface area contributed by atoms with E-state index >= 15 is 0 Å². The number of nitrogens with one attached hydrogen (secondary N) is 1. The first-order chi connectivity index (χ1) is 14.0. The molecule has 3 aromatic rings. The molecule has 1 saturated heterocycles. The molecule has 1 aliphatic rings. The van der Waals surface area contributed by atoms with E-state index in [-0.39, 0.29) is 24.8 Å². The van der Waals surface area contributed by atoms with Crippen molar-refractivity contribution in [1.82, 2.24) is 14.5 Å². The summed E-state index contributed by atoms with van der Waals surface area (Å²) < 4.78 is 1.86. The highest BCUT2D eigenvalue weighted by Gasteiger charge is 2.22. The number of carbonyl (C=O) groups excluding carboxylic acids is 2. The fourth-order valence-corrected chi connectivity index (χ4v) is 3.87. The predicted molar refractivity (Wildman–Crippen MR) is 114 cm³/mol. The second-order valence-corrected chi connectivity index (χ2v) is 7.66. The third-order valence-corrected chi connectivity index (χ3v) is 5.68. The number of anilines is 1. The van der Waals surface area contributed by atoms with Crippen molar-refractivity contribution in [3.8, 4) is 0 Å². The second-order valence-electron chi connectivity index (χ2n) is 7.66. The normalized spacial score (nSPS) is 13.8. The van der Waals surface area contributed by atoms with Gasteiger partial charge >= 0.3 is 0 Å². The van der Waals surface area contributed by atoms with E-state index in [9.17, 15) is 9.59 Å². The van der Waals surface area contributed by atoms with E-state index in [2.05, 4.69) is 10.3 Å². The number of hydrogen-bond acceptors (Lipinski definition) is 3. The number of imidazole rings is 1. The van der Waals surface area contributed by atoms with Crippen molar-refractivity contribution in [3.63, 3.8) is 0 Å². The largest absolute Gasteiger partial charge is 0.342 e. The summed E-state index contributed by atoms with van der Waals surface area (Å²) in [6.07, 6.45) is 2.33. The quantitative estimate of drug-likeness (QED) is 0.725. The Hall–Kier alpha value is -3.15. The lowest BCUT2D eigenvalue weighted by atomic mass is 10.1. The van der Waals surface area contributed by atoms with Crippen LogP contribution in [0, 0.1) is 13.8 Å². The molecule has 1 aliphatic heterocycles. The van der Waals surface area contributed by atoms with E-state index in [0.29, 0.717) is 5.82 Å². The standard InChI is InChI=1S/C23H26N4O2/c1-16-8-7-10-18(17(16)2)25-22(28)15-27-20-11-4-3-9-19(20)24-21(27)14-23(29)26-12-5-6-13-26/h3-4,7-11H,5-6,12-15H2,1-2H3,(H,25,28). The SMILES string of the molecule is Cc1cccc(NC(=O)Cn2c(CC(=O)N3CCCC3)nc3ccccc32)c1C. The van der Waals surface area contributed by atoms with Crippen LogP contribution < -0.4 is 5.32 Å². The van der Waals surface area contributed by atoms with Crippen molar-refractivity contribution in [2.24, 2.45) is 0 Å². The molecule has 1 N–H and O–H groups in total. The first-order valence-corrected chi connectivity index (χ1v) is 10.1. The van der Waals surface area contributed by atoms with Gasteiger partial charge in [0.25, 0.3) is 0 Å². The first kappa shape index (κ1) is 19.2. The Balaban J connectivity index is 1.59. The summed E-state index contributed by atoms with van der Waals surface area (Å²) in [5.74, 6) is 0.588. The summed E-state index contributed by atoms with van der Waals surface area (Å²) in [4.78, 5) is 32.0. The molecule has 2 aromatic carbocycles. The number of likely N-dealkylation sites (tertiary alicyclic amines) is 1. The zero-order valence-corrected chi connectivity index (χ0v) is 16.9. The average Bonchev–Trinajstić information content (AvgIpc) is 3.35. The number of rotatable bonds is 5. The lowest BCUT2D eigenvalue weighted by Crippen LogP contribution is -2.30. The lowest BCUT2D eigenvalue weighted by molar-refractivity contribution is -0.129. The zero-order valence-electron chi connectivity index (χ0n) is 16.9. The van der Waals surface area contributed by atoms with Gasteiger partial charge in [0.1, 0.15) is 12.4 Å². The molecule has 0 saturated carbocycles. The van der Waals surface area contributed by atoms with Crippen molar-refractivity contribution in [2.75, 3.05) is 18.4 Å². The molecule has 6 heteroatoms. The number of amides is 2. The zero-order chi connectivity index (χ0) is 20.4. The molecular weight excluding hydrogens is 364 g/mol. The molecule has 150 valence electrons. The fourth-order valence-electron chi connectivity index (χ4n) is 3.87. The van der Waals surface area contributed by atoms with Crippen molar-refractivity contribution < 1.29 is 9.59 Å². The minimum Gasteiger partial charge on any atom is -0.342 e. The monoisotopic (exact) mass is 390 g/mol. The second kappa shape index (κ2) is 8.07. The smallest absolute Gasteiger partial charge is 0.244 e. The van der Waals surface area contributed by atoms with Crippen LogP contribution >= 0.6 is 0 Å². The Labute approximate surface area is 170 Å². The molecule has 2 heterocycles. The molecular formula is C23H26N4O2. The summed E-state index contributed by atoms with van der Waals surface area (Å²) in [6.45, 7) is 5.77. The van der Waals surface area contributed by atoms with Gasteiger partial charge in [0, 0.05) is 18.8 Å². The summed E-state index contributed by atoms with van der Waals surface area (Å²) in [6, 6.07) is 13.6. The maximum atomic E-state index is 12.8. The van der Waals surface area contributed by atoms with Gasteiger partial charge in [0.15, 0.2) is 0 Å². The van der Waals surface area contributed by atoms with Gasteiger partial charge in [-0.25, -0.2) is 4.98 Å². The van der Waals surface area contributed by atoms with Crippen molar-refractivity contribution in [3.05, 3.63) is 59.4 Å². The Bertz CT molecular complexity index is 1060. The maximum Gasteiger partial charge on any atom is 0.244 e. The topological polar surface area (TPSA) is 67.2 Å². The van der Waals surface area contributed by atoms with Crippen LogP contribution in [0.2, 0.25) is 0 Å². The number of carbonyl (C=O) groups is 2. The van der Waals surface area contributed by atoms with E-state index in [1.165, 1.54) is 0 Å². The van der Waals surface area contributed by atoms with Gasteiger partial charge in [-0.1, -0.05) is 24.3 Å². The van der Waals surface area contributed by atoms with Crippen LogP contribution in [-0.2, 0) is 22.6 Å². The highest BCUT2D eigenvalue weighted by molar-refractivity contribution is 5.93. The minimum absolute atomic E-state index is 0.0778. The molecule has 1 aromatic heterocycles. The molecule has 0 bridgehead atoms. The summed E-state index contributed by atoms with van der Waals surface area (Å²) in [7, 11) is 0. The summed E-state index contributed by atoms with van der Waals surface area (Å²) in [5.41, 5.74) is 4.67. The minimum atomic E-state index is -0.128. The van der Waals surface area contributed by atoms with Crippen LogP contribution in [0.25, 0.3) is 11.0 Å². The van der Waals surface area contributed by atoms with Crippen LogP contribution in [-0.4, -0.2) is 39.4 Å². The predicted octanol–water partition coefficient (Wildman–Crippen LogP) is 3.46. The third kappa shape index (κ3) is 4.01. The first-order valence-electron chi connectivity index (χ1n) is 10.1. The summed E-state index contributed by atoms with van der Waals surface area (Å²) >= 11 is 0. The van der Waals surface area contributed by atoms with Crippen molar-refractivity contribution in [2.45, 2.75) is 39.7 Å². The number of fused-ring (bicyclic) bond motifs is 1. The average molecular weight is 390 g/mol. The Morgan fingerprint density at radius 1 is 1.03 bits per heavy atom. The van der Waals surface area contributed by atoms with E-state index in [1.807, 2.05) is 65.8 Å². The lowest BCUT2D eigenvalue weighted by Gasteiger charge is -2.16. The molecule has 6 nitrogen and oxygen atoms in total. The number of para-hydroxylation sites is 2. The van der Waals surface area contributed by atoms with Gasteiger partial charge < -0.3 is 14.8 Å². The maximum absolute atomic E-state index is 12.8. The Kier molecular flexibility index (Phi) is 5.34. The Morgan fingerprint density at radius 3 is 2.59 bits per heavy atom. The van der Waals surface area contributed by atoms with Crippen molar-refractivity contribution >= 4 is 28.5 Å². The number of nitrogens with zero attached hydrogens (tertiary/aromatic N) is 3. The molecule has 2 amide bonds. The van der Waals surface area contributed by atoms with Crippen LogP contribution in [0.5, 0.6) is 0 Å². The molecule has 1 fully saturated rings. The fraction of sp³-hybridized carbons (Fsp3) is 0.348. The molecule has 4 rings (SSSR count). The highest BCUT2D eigenvalue weighted by Crippen LogP contribution is 2.20. The molecule has 0 spiro atoms. The highest BCUT2D eigenvalue weighted by atomic mass is 16.2. The molecule has 0 radical (unpaired) electrons. The van der Waals surface area contributed by atoms with Gasteiger partial charge in [-0.15, -0.1) is 0 Å². The van der Waals surface area contributed by atoms with Crippen molar-refractivity contribution in [1.29, 1.82) is 0 Å². The molecule has 0 atom stereocenters. The van der Waals surface area contributed by atoms with Gasteiger partial charge in [-0.05, 0) is 56.0 Å². The third-order valence-electron chi connectivity index (χ3n) is 5.68.